The van der Waals surface area contributed by atoms with E-state index in [-0.39, 0.29) is 5.91 Å². The molecule has 0 spiro atoms. The van der Waals surface area contributed by atoms with Crippen molar-refractivity contribution < 1.29 is 9.53 Å². The molecule has 0 heterocycles. The number of anilines is 2. The van der Waals surface area contributed by atoms with Crippen molar-refractivity contribution in [2.75, 3.05) is 24.3 Å². The first-order valence-electron chi connectivity index (χ1n) is 6.72. The molecule has 4 heteroatoms. The predicted molar refractivity (Wildman–Crippen MR) is 79.1 cm³/mol. The number of nitrogens with two attached hydrogens (primary N) is 1. The van der Waals surface area contributed by atoms with E-state index in [1.807, 2.05) is 19.1 Å². The van der Waals surface area contributed by atoms with Crippen molar-refractivity contribution in [2.45, 2.75) is 33.6 Å². The van der Waals surface area contributed by atoms with Gasteiger partial charge in [-0.05, 0) is 37.0 Å². The van der Waals surface area contributed by atoms with Crippen LogP contribution < -0.4 is 11.1 Å². The standard InChI is InChI=1S/C15H24N2O2/c1-11(2)6-8-19-9-7-15(18)17-14-10-13(16)5-4-12(14)3/h4-5,10-11H,6-9,16H2,1-3H3,(H,17,18). The molecule has 0 bridgehead atoms. The smallest absolute Gasteiger partial charge is 0.226 e. The molecule has 0 aliphatic rings. The summed E-state index contributed by atoms with van der Waals surface area (Å²) in [4.78, 5) is 11.7. The van der Waals surface area contributed by atoms with Crippen molar-refractivity contribution >= 4 is 17.3 Å². The Hall–Kier alpha value is -1.55. The zero-order chi connectivity index (χ0) is 14.3. The molecule has 3 N–H and O–H groups in total. The molecular weight excluding hydrogens is 240 g/mol. The van der Waals surface area contributed by atoms with Gasteiger partial charge in [-0.1, -0.05) is 19.9 Å². The molecule has 0 atom stereocenters. The van der Waals surface area contributed by atoms with Gasteiger partial charge in [-0.2, -0.15) is 0 Å². The van der Waals surface area contributed by atoms with Gasteiger partial charge < -0.3 is 15.8 Å². The highest BCUT2D eigenvalue weighted by atomic mass is 16.5. The highest BCUT2D eigenvalue weighted by molar-refractivity contribution is 5.92. The number of nitrogen functional groups attached to an aromatic ring is 1. The first-order chi connectivity index (χ1) is 8.99. The third-order valence-electron chi connectivity index (χ3n) is 2.85. The van der Waals surface area contributed by atoms with Gasteiger partial charge in [0.2, 0.25) is 5.91 Å². The molecule has 0 saturated carbocycles. The molecule has 0 unspecified atom stereocenters. The minimum atomic E-state index is -0.0433. The zero-order valence-electron chi connectivity index (χ0n) is 12.0. The van der Waals surface area contributed by atoms with Crippen molar-refractivity contribution in [1.82, 2.24) is 0 Å². The van der Waals surface area contributed by atoms with Crippen LogP contribution in [-0.2, 0) is 9.53 Å². The highest BCUT2D eigenvalue weighted by Crippen LogP contribution is 2.18. The Bertz CT molecular complexity index is 417. The summed E-state index contributed by atoms with van der Waals surface area (Å²) in [5.41, 5.74) is 8.12. The van der Waals surface area contributed by atoms with E-state index in [4.69, 9.17) is 10.5 Å². The fraction of sp³-hybridized carbons (Fsp3) is 0.533. The third-order valence-corrected chi connectivity index (χ3v) is 2.85. The number of rotatable bonds is 7. The maximum absolute atomic E-state index is 11.7. The summed E-state index contributed by atoms with van der Waals surface area (Å²) in [6, 6.07) is 5.48. The topological polar surface area (TPSA) is 64.3 Å². The van der Waals surface area contributed by atoms with Crippen molar-refractivity contribution in [2.24, 2.45) is 5.92 Å². The summed E-state index contributed by atoms with van der Waals surface area (Å²) in [6.07, 6.45) is 1.39. The second-order valence-electron chi connectivity index (χ2n) is 5.17. The van der Waals surface area contributed by atoms with E-state index in [0.29, 0.717) is 31.2 Å². The molecule has 1 amide bonds. The van der Waals surface area contributed by atoms with E-state index in [1.165, 1.54) is 0 Å². The van der Waals surface area contributed by atoms with Gasteiger partial charge in [-0.15, -0.1) is 0 Å². The quantitative estimate of drug-likeness (QED) is 0.588. The maximum Gasteiger partial charge on any atom is 0.226 e. The summed E-state index contributed by atoms with van der Waals surface area (Å²) in [6.45, 7) is 7.41. The van der Waals surface area contributed by atoms with Gasteiger partial charge in [-0.3, -0.25) is 4.79 Å². The Labute approximate surface area is 115 Å². The molecule has 1 rings (SSSR count). The number of ether oxygens (including phenoxy) is 1. The first kappa shape index (κ1) is 15.5. The summed E-state index contributed by atoms with van der Waals surface area (Å²) in [7, 11) is 0. The molecule has 1 aromatic rings. The monoisotopic (exact) mass is 264 g/mol. The van der Waals surface area contributed by atoms with Gasteiger partial charge in [-0.25, -0.2) is 0 Å². The van der Waals surface area contributed by atoms with Crippen LogP contribution >= 0.6 is 0 Å². The minimum absolute atomic E-state index is 0.0433. The van der Waals surface area contributed by atoms with Crippen LogP contribution in [0.25, 0.3) is 0 Å². The summed E-state index contributed by atoms with van der Waals surface area (Å²) in [5, 5.41) is 2.85. The van der Waals surface area contributed by atoms with Crippen molar-refractivity contribution in [1.29, 1.82) is 0 Å². The second kappa shape index (κ2) is 7.79. The fourth-order valence-electron chi connectivity index (χ4n) is 1.57. The molecule has 0 radical (unpaired) electrons. The average Bonchev–Trinajstić information content (AvgIpc) is 2.33. The van der Waals surface area contributed by atoms with E-state index >= 15 is 0 Å². The molecule has 0 saturated heterocycles. The van der Waals surface area contributed by atoms with Crippen molar-refractivity contribution in [3.63, 3.8) is 0 Å². The lowest BCUT2D eigenvalue weighted by Gasteiger charge is -2.10. The Balaban J connectivity index is 2.29. The fourth-order valence-corrected chi connectivity index (χ4v) is 1.57. The maximum atomic E-state index is 11.7. The van der Waals surface area contributed by atoms with E-state index in [0.717, 1.165) is 17.7 Å². The first-order valence-corrected chi connectivity index (χ1v) is 6.72. The van der Waals surface area contributed by atoms with Crippen LogP contribution in [0.1, 0.15) is 32.3 Å². The summed E-state index contributed by atoms with van der Waals surface area (Å²) in [5.74, 6) is 0.585. The van der Waals surface area contributed by atoms with Gasteiger partial charge in [0.05, 0.1) is 13.0 Å². The number of aryl methyl sites for hydroxylation is 1. The summed E-state index contributed by atoms with van der Waals surface area (Å²) < 4.78 is 5.42. The molecular formula is C15H24N2O2. The Morgan fingerprint density at radius 3 is 2.79 bits per heavy atom. The SMILES string of the molecule is Cc1ccc(N)cc1NC(=O)CCOCCC(C)C. The molecule has 0 aliphatic heterocycles. The van der Waals surface area contributed by atoms with E-state index < -0.39 is 0 Å². The lowest BCUT2D eigenvalue weighted by atomic mass is 10.1. The molecule has 0 aliphatic carbocycles. The number of carbonyl (C=O) groups excluding carboxylic acids is 1. The minimum Gasteiger partial charge on any atom is -0.399 e. The van der Waals surface area contributed by atoms with E-state index in [9.17, 15) is 4.79 Å². The lowest BCUT2D eigenvalue weighted by molar-refractivity contribution is -0.117. The molecule has 1 aromatic carbocycles. The number of amides is 1. The van der Waals surface area contributed by atoms with Crippen LogP contribution in [0.5, 0.6) is 0 Å². The number of benzene rings is 1. The molecule has 4 nitrogen and oxygen atoms in total. The molecule has 0 aromatic heterocycles. The highest BCUT2D eigenvalue weighted by Gasteiger charge is 2.05. The van der Waals surface area contributed by atoms with Crippen LogP contribution in [0.15, 0.2) is 18.2 Å². The van der Waals surface area contributed by atoms with E-state index in [1.54, 1.807) is 6.07 Å². The van der Waals surface area contributed by atoms with Gasteiger partial charge >= 0.3 is 0 Å². The van der Waals surface area contributed by atoms with Crippen LogP contribution in [0, 0.1) is 12.8 Å². The number of carbonyl (C=O) groups is 1. The Morgan fingerprint density at radius 2 is 2.11 bits per heavy atom. The Morgan fingerprint density at radius 1 is 1.37 bits per heavy atom. The second-order valence-corrected chi connectivity index (χ2v) is 5.17. The van der Waals surface area contributed by atoms with Gasteiger partial charge in [0.25, 0.3) is 0 Å². The predicted octanol–water partition coefficient (Wildman–Crippen LogP) is 2.97. The Kier molecular flexibility index (Phi) is 6.36. The largest absolute Gasteiger partial charge is 0.399 e. The third kappa shape index (κ3) is 6.25. The van der Waals surface area contributed by atoms with Gasteiger partial charge in [0.1, 0.15) is 0 Å². The van der Waals surface area contributed by atoms with E-state index in [2.05, 4.69) is 19.2 Å². The lowest BCUT2D eigenvalue weighted by Crippen LogP contribution is -2.15. The normalized spacial score (nSPS) is 10.7. The number of nitrogens with one attached hydrogen (secondary N) is 1. The summed E-state index contributed by atoms with van der Waals surface area (Å²) >= 11 is 0. The molecule has 19 heavy (non-hydrogen) atoms. The van der Waals surface area contributed by atoms with Crippen LogP contribution in [0.2, 0.25) is 0 Å². The average molecular weight is 264 g/mol. The van der Waals surface area contributed by atoms with Crippen molar-refractivity contribution in [3.8, 4) is 0 Å². The van der Waals surface area contributed by atoms with Crippen LogP contribution in [0.3, 0.4) is 0 Å². The van der Waals surface area contributed by atoms with Gasteiger partial charge in [0.15, 0.2) is 0 Å². The zero-order valence-corrected chi connectivity index (χ0v) is 12.0. The molecule has 106 valence electrons. The molecule has 0 fully saturated rings. The number of hydrogen-bond donors (Lipinski definition) is 2. The van der Waals surface area contributed by atoms with Crippen LogP contribution in [-0.4, -0.2) is 19.1 Å². The van der Waals surface area contributed by atoms with Crippen molar-refractivity contribution in [3.05, 3.63) is 23.8 Å². The number of hydrogen-bond acceptors (Lipinski definition) is 3. The van der Waals surface area contributed by atoms with Crippen LogP contribution in [0.4, 0.5) is 11.4 Å². The van der Waals surface area contributed by atoms with Gasteiger partial charge in [0, 0.05) is 18.0 Å².